The molecule has 0 atom stereocenters. The van der Waals surface area contributed by atoms with Crippen molar-refractivity contribution in [3.8, 4) is 11.5 Å². The van der Waals surface area contributed by atoms with Crippen molar-refractivity contribution in [3.63, 3.8) is 0 Å². The molecule has 14 heavy (non-hydrogen) atoms. The number of phosphoric ester groups is 1. The van der Waals surface area contributed by atoms with Crippen molar-refractivity contribution in [2.75, 3.05) is 0 Å². The highest BCUT2D eigenvalue weighted by Gasteiger charge is 2.19. The second kappa shape index (κ2) is 3.57. The summed E-state index contributed by atoms with van der Waals surface area (Å²) in [6, 6.07) is 0. The van der Waals surface area contributed by atoms with Crippen LogP contribution in [0, 0.1) is 13.8 Å². The molecule has 1 heterocycles. The summed E-state index contributed by atoms with van der Waals surface area (Å²) < 4.78 is 14.8. The lowest BCUT2D eigenvalue weighted by molar-refractivity contribution is 0.281. The van der Waals surface area contributed by atoms with E-state index in [1.165, 1.54) is 6.92 Å². The van der Waals surface area contributed by atoms with Crippen LogP contribution in [0.25, 0.3) is 0 Å². The molecule has 7 heteroatoms. The lowest BCUT2D eigenvalue weighted by Crippen LogP contribution is -1.95. The Labute approximate surface area is 80.4 Å². The molecule has 0 aliphatic carbocycles. The van der Waals surface area contributed by atoms with Crippen LogP contribution < -0.4 is 4.52 Å². The number of aromatic nitrogens is 1. The molecule has 0 aliphatic heterocycles. The predicted molar refractivity (Wildman–Crippen MR) is 48.0 cm³/mol. The molecule has 0 amide bonds. The standard InChI is InChI=1S/C7H10NO5P/c1-4-6(13-14(10,11)12)3-8-5(2)7(4)9/h3,9H,1-2H3,(H2,10,11,12). The second-order valence-electron chi connectivity index (χ2n) is 2.76. The van der Waals surface area contributed by atoms with Crippen molar-refractivity contribution in [2.45, 2.75) is 13.8 Å². The topological polar surface area (TPSA) is 99.9 Å². The van der Waals surface area contributed by atoms with Crippen LogP contribution in [0.5, 0.6) is 11.5 Å². The number of hydrogen-bond donors (Lipinski definition) is 3. The van der Waals surface area contributed by atoms with Gasteiger partial charge in [-0.25, -0.2) is 4.57 Å². The van der Waals surface area contributed by atoms with Crippen molar-refractivity contribution in [1.82, 2.24) is 4.98 Å². The number of nitrogens with zero attached hydrogens (tertiary/aromatic N) is 1. The Balaban J connectivity index is 3.12. The summed E-state index contributed by atoms with van der Waals surface area (Å²) in [7, 11) is -4.60. The van der Waals surface area contributed by atoms with Crippen LogP contribution in [-0.4, -0.2) is 19.9 Å². The molecular formula is C7H10NO5P. The first-order valence-electron chi connectivity index (χ1n) is 3.71. The van der Waals surface area contributed by atoms with E-state index >= 15 is 0 Å². The summed E-state index contributed by atoms with van der Waals surface area (Å²) in [5, 5.41) is 9.39. The zero-order valence-electron chi connectivity index (χ0n) is 7.63. The quantitative estimate of drug-likeness (QED) is 0.638. The Hall–Kier alpha value is -1.10. The summed E-state index contributed by atoms with van der Waals surface area (Å²) in [5.74, 6) is -0.252. The highest BCUT2D eigenvalue weighted by molar-refractivity contribution is 7.46. The molecule has 0 bridgehead atoms. The number of rotatable bonds is 2. The molecule has 0 fully saturated rings. The molecular weight excluding hydrogens is 209 g/mol. The maximum absolute atomic E-state index is 10.5. The summed E-state index contributed by atoms with van der Waals surface area (Å²) in [5.41, 5.74) is 0.626. The van der Waals surface area contributed by atoms with Crippen molar-refractivity contribution >= 4 is 7.82 Å². The fourth-order valence-corrected chi connectivity index (χ4v) is 1.36. The summed E-state index contributed by atoms with van der Waals surface area (Å²) in [4.78, 5) is 20.8. The molecule has 6 nitrogen and oxygen atoms in total. The molecule has 1 rings (SSSR count). The molecule has 1 aromatic heterocycles. The lowest BCUT2D eigenvalue weighted by Gasteiger charge is -2.10. The smallest absolute Gasteiger partial charge is 0.506 e. The van der Waals surface area contributed by atoms with E-state index in [0.29, 0.717) is 5.69 Å². The maximum atomic E-state index is 10.5. The van der Waals surface area contributed by atoms with E-state index in [1.807, 2.05) is 0 Å². The Kier molecular flexibility index (Phi) is 2.80. The van der Waals surface area contributed by atoms with Crippen LogP contribution in [-0.2, 0) is 4.57 Å². The van der Waals surface area contributed by atoms with Gasteiger partial charge in [-0.05, 0) is 13.8 Å². The number of hydrogen-bond acceptors (Lipinski definition) is 4. The first kappa shape index (κ1) is 11.0. The molecule has 0 unspecified atom stereocenters. The minimum absolute atomic E-state index is 0.124. The van der Waals surface area contributed by atoms with Gasteiger partial charge in [-0.3, -0.25) is 14.8 Å². The van der Waals surface area contributed by atoms with Crippen LogP contribution in [0.3, 0.4) is 0 Å². The van der Waals surface area contributed by atoms with Crippen molar-refractivity contribution in [1.29, 1.82) is 0 Å². The van der Waals surface area contributed by atoms with E-state index in [9.17, 15) is 9.67 Å². The number of aryl methyl sites for hydroxylation is 1. The largest absolute Gasteiger partial charge is 0.524 e. The zero-order valence-corrected chi connectivity index (χ0v) is 8.52. The summed E-state index contributed by atoms with van der Waals surface area (Å²) in [6.07, 6.45) is 1.16. The van der Waals surface area contributed by atoms with Gasteiger partial charge in [0.05, 0.1) is 11.9 Å². The monoisotopic (exact) mass is 219 g/mol. The molecule has 78 valence electrons. The normalized spacial score (nSPS) is 11.4. The summed E-state index contributed by atoms with van der Waals surface area (Å²) >= 11 is 0. The molecule has 0 aromatic carbocycles. The number of aromatic hydroxyl groups is 1. The first-order chi connectivity index (χ1) is 6.31. The third-order valence-electron chi connectivity index (χ3n) is 1.66. The molecule has 0 spiro atoms. The summed E-state index contributed by atoms with van der Waals surface area (Å²) in [6.45, 7) is 3.05. The van der Waals surface area contributed by atoms with Crippen molar-refractivity contribution in [2.24, 2.45) is 0 Å². The van der Waals surface area contributed by atoms with Crippen molar-refractivity contribution in [3.05, 3.63) is 17.5 Å². The van der Waals surface area contributed by atoms with Crippen LogP contribution in [0.2, 0.25) is 0 Å². The molecule has 3 N–H and O–H groups in total. The fourth-order valence-electron chi connectivity index (χ4n) is 0.922. The molecule has 0 radical (unpaired) electrons. The minimum atomic E-state index is -4.60. The lowest BCUT2D eigenvalue weighted by atomic mass is 10.2. The SMILES string of the molecule is Cc1ncc(OP(=O)(O)O)c(C)c1O. The maximum Gasteiger partial charge on any atom is 0.524 e. The Bertz CT molecular complexity index is 399. The van der Waals surface area contributed by atoms with Gasteiger partial charge in [0.1, 0.15) is 5.75 Å². The van der Waals surface area contributed by atoms with Crippen LogP contribution >= 0.6 is 7.82 Å². The van der Waals surface area contributed by atoms with Crippen LogP contribution in [0.4, 0.5) is 0 Å². The van der Waals surface area contributed by atoms with Gasteiger partial charge < -0.3 is 9.63 Å². The van der Waals surface area contributed by atoms with E-state index in [4.69, 9.17) is 9.79 Å². The minimum Gasteiger partial charge on any atom is -0.506 e. The Morgan fingerprint density at radius 1 is 1.43 bits per heavy atom. The van der Waals surface area contributed by atoms with Gasteiger partial charge in [0.15, 0.2) is 5.75 Å². The van der Waals surface area contributed by atoms with Gasteiger partial charge in [-0.2, -0.15) is 0 Å². The van der Waals surface area contributed by atoms with Gasteiger partial charge in [-0.15, -0.1) is 0 Å². The van der Waals surface area contributed by atoms with Crippen LogP contribution in [0.15, 0.2) is 6.20 Å². The highest BCUT2D eigenvalue weighted by atomic mass is 31.2. The van der Waals surface area contributed by atoms with Crippen LogP contribution in [0.1, 0.15) is 11.3 Å². The number of phosphoric acid groups is 1. The fraction of sp³-hybridized carbons (Fsp3) is 0.286. The van der Waals surface area contributed by atoms with E-state index in [2.05, 4.69) is 9.51 Å². The predicted octanol–water partition coefficient (Wildman–Crippen LogP) is 0.876. The van der Waals surface area contributed by atoms with Gasteiger partial charge >= 0.3 is 7.82 Å². The van der Waals surface area contributed by atoms with E-state index < -0.39 is 7.82 Å². The molecule has 1 aromatic rings. The third-order valence-corrected chi connectivity index (χ3v) is 2.09. The second-order valence-corrected chi connectivity index (χ2v) is 3.93. The van der Waals surface area contributed by atoms with Gasteiger partial charge in [0.2, 0.25) is 0 Å². The first-order valence-corrected chi connectivity index (χ1v) is 5.24. The Morgan fingerprint density at radius 3 is 2.50 bits per heavy atom. The van der Waals surface area contributed by atoms with Gasteiger partial charge in [0, 0.05) is 5.56 Å². The van der Waals surface area contributed by atoms with E-state index in [1.54, 1.807) is 6.92 Å². The zero-order chi connectivity index (χ0) is 10.9. The van der Waals surface area contributed by atoms with Gasteiger partial charge in [0.25, 0.3) is 0 Å². The number of pyridine rings is 1. The van der Waals surface area contributed by atoms with Gasteiger partial charge in [-0.1, -0.05) is 0 Å². The highest BCUT2D eigenvalue weighted by Crippen LogP contribution is 2.40. The molecule has 0 saturated heterocycles. The van der Waals surface area contributed by atoms with E-state index in [-0.39, 0.29) is 17.1 Å². The Morgan fingerprint density at radius 2 is 2.00 bits per heavy atom. The average molecular weight is 219 g/mol. The van der Waals surface area contributed by atoms with E-state index in [0.717, 1.165) is 6.20 Å². The molecule has 0 aliphatic rings. The molecule has 0 saturated carbocycles. The average Bonchev–Trinajstić information content (AvgIpc) is 2.04. The van der Waals surface area contributed by atoms with Crippen molar-refractivity contribution < 1.29 is 24.0 Å². The third kappa shape index (κ3) is 2.45.